The first kappa shape index (κ1) is 13.4. The van der Waals surface area contributed by atoms with Crippen molar-refractivity contribution in [1.82, 2.24) is 4.98 Å². The molecule has 0 unspecified atom stereocenters. The fourth-order valence-corrected chi connectivity index (χ4v) is 2.44. The van der Waals surface area contributed by atoms with E-state index in [0.29, 0.717) is 17.7 Å². The molecule has 19 heavy (non-hydrogen) atoms. The van der Waals surface area contributed by atoms with E-state index in [9.17, 15) is 9.59 Å². The molecule has 0 radical (unpaired) electrons. The minimum Gasteiger partial charge on any atom is -0.326 e. The highest BCUT2D eigenvalue weighted by atomic mass is 32.1. The number of thiazole rings is 1. The first-order valence-electron chi connectivity index (χ1n) is 5.86. The second kappa shape index (κ2) is 5.75. The van der Waals surface area contributed by atoms with Crippen LogP contribution in [0, 0.1) is 6.92 Å². The summed E-state index contributed by atoms with van der Waals surface area (Å²) in [7, 11) is 0. The third kappa shape index (κ3) is 3.48. The maximum Gasteiger partial charge on any atom is 0.229 e. The van der Waals surface area contributed by atoms with E-state index >= 15 is 0 Å². The second-order valence-electron chi connectivity index (χ2n) is 4.22. The Balaban J connectivity index is 2.05. The number of carbonyl (C=O) groups excluding carboxylic acids is 2. The highest BCUT2D eigenvalue weighted by molar-refractivity contribution is 7.09. The zero-order valence-corrected chi connectivity index (χ0v) is 11.6. The van der Waals surface area contributed by atoms with Gasteiger partial charge in [0, 0.05) is 16.1 Å². The van der Waals surface area contributed by atoms with Crippen LogP contribution in [0.4, 0.5) is 5.69 Å². The van der Waals surface area contributed by atoms with Gasteiger partial charge in [0.15, 0.2) is 5.78 Å². The zero-order chi connectivity index (χ0) is 13.8. The van der Waals surface area contributed by atoms with Gasteiger partial charge in [-0.3, -0.25) is 9.59 Å². The van der Waals surface area contributed by atoms with Crippen LogP contribution in [0.1, 0.15) is 27.9 Å². The number of aryl methyl sites for hydroxylation is 1. The number of amides is 1. The van der Waals surface area contributed by atoms with E-state index in [4.69, 9.17) is 0 Å². The van der Waals surface area contributed by atoms with Gasteiger partial charge >= 0.3 is 0 Å². The van der Waals surface area contributed by atoms with Crippen molar-refractivity contribution in [1.29, 1.82) is 0 Å². The Morgan fingerprint density at radius 2 is 2.16 bits per heavy atom. The second-order valence-corrected chi connectivity index (χ2v) is 5.16. The van der Waals surface area contributed by atoms with Crippen molar-refractivity contribution in [3.63, 3.8) is 0 Å². The predicted octanol–water partition coefficient (Wildman–Crippen LogP) is 2.84. The minimum absolute atomic E-state index is 0.0191. The number of anilines is 1. The molecule has 1 heterocycles. The fraction of sp³-hybridized carbons (Fsp3) is 0.214. The van der Waals surface area contributed by atoms with Crippen LogP contribution in [0.2, 0.25) is 0 Å². The van der Waals surface area contributed by atoms with Crippen molar-refractivity contribution in [3.05, 3.63) is 45.9 Å². The highest BCUT2D eigenvalue weighted by Gasteiger charge is 2.09. The third-order valence-corrected chi connectivity index (χ3v) is 3.65. The van der Waals surface area contributed by atoms with Crippen LogP contribution in [-0.2, 0) is 11.2 Å². The zero-order valence-electron chi connectivity index (χ0n) is 10.8. The van der Waals surface area contributed by atoms with Gasteiger partial charge < -0.3 is 5.32 Å². The molecule has 2 aromatic rings. The Morgan fingerprint density at radius 3 is 2.79 bits per heavy atom. The monoisotopic (exact) mass is 274 g/mol. The van der Waals surface area contributed by atoms with Crippen LogP contribution >= 0.6 is 11.3 Å². The Hall–Kier alpha value is -2.01. The molecular formula is C14H14N2O2S. The summed E-state index contributed by atoms with van der Waals surface area (Å²) in [4.78, 5) is 28.2. The average Bonchev–Trinajstić information content (AvgIpc) is 2.75. The lowest BCUT2D eigenvalue weighted by molar-refractivity contribution is -0.115. The highest BCUT2D eigenvalue weighted by Crippen LogP contribution is 2.15. The van der Waals surface area contributed by atoms with Crippen LogP contribution in [0.5, 0.6) is 0 Å². The van der Waals surface area contributed by atoms with Crippen molar-refractivity contribution in [2.45, 2.75) is 20.3 Å². The SMILES string of the molecule is CC(=O)c1cccc(NC(=O)Cc2scnc2C)c1. The number of nitrogens with zero attached hydrogens (tertiary/aromatic N) is 1. The van der Waals surface area contributed by atoms with E-state index in [1.54, 1.807) is 29.8 Å². The van der Waals surface area contributed by atoms with Gasteiger partial charge in [-0.05, 0) is 26.0 Å². The van der Waals surface area contributed by atoms with Gasteiger partial charge in [-0.25, -0.2) is 4.98 Å². The van der Waals surface area contributed by atoms with E-state index in [-0.39, 0.29) is 11.7 Å². The maximum atomic E-state index is 11.9. The molecular weight excluding hydrogens is 260 g/mol. The molecule has 5 heteroatoms. The Morgan fingerprint density at radius 1 is 1.37 bits per heavy atom. The smallest absolute Gasteiger partial charge is 0.229 e. The van der Waals surface area contributed by atoms with Crippen molar-refractivity contribution < 1.29 is 9.59 Å². The maximum absolute atomic E-state index is 11.9. The summed E-state index contributed by atoms with van der Waals surface area (Å²) in [6.07, 6.45) is 0.306. The van der Waals surface area contributed by atoms with Gasteiger partial charge in [0.25, 0.3) is 0 Å². The molecule has 0 aliphatic heterocycles. The molecule has 0 aliphatic rings. The summed E-state index contributed by atoms with van der Waals surface area (Å²) in [5, 5.41) is 2.79. The van der Waals surface area contributed by atoms with Crippen molar-refractivity contribution in [2.75, 3.05) is 5.32 Å². The van der Waals surface area contributed by atoms with E-state index < -0.39 is 0 Å². The predicted molar refractivity (Wildman–Crippen MR) is 75.6 cm³/mol. The average molecular weight is 274 g/mol. The van der Waals surface area contributed by atoms with Gasteiger partial charge in [-0.15, -0.1) is 11.3 Å². The Bertz CT molecular complexity index is 619. The number of benzene rings is 1. The molecule has 2 rings (SSSR count). The van der Waals surface area contributed by atoms with Crippen molar-refractivity contribution in [3.8, 4) is 0 Å². The Labute approximate surface area is 115 Å². The van der Waals surface area contributed by atoms with Crippen LogP contribution < -0.4 is 5.32 Å². The number of hydrogen-bond donors (Lipinski definition) is 1. The number of rotatable bonds is 4. The molecule has 1 amide bonds. The summed E-state index contributed by atoms with van der Waals surface area (Å²) in [6.45, 7) is 3.39. The summed E-state index contributed by atoms with van der Waals surface area (Å²) in [5.41, 5.74) is 3.85. The van der Waals surface area contributed by atoms with Gasteiger partial charge in [-0.1, -0.05) is 12.1 Å². The lowest BCUT2D eigenvalue weighted by Gasteiger charge is -2.05. The van der Waals surface area contributed by atoms with Crippen molar-refractivity contribution >= 4 is 28.7 Å². The van der Waals surface area contributed by atoms with Gasteiger partial charge in [0.2, 0.25) is 5.91 Å². The Kier molecular flexibility index (Phi) is 4.06. The van der Waals surface area contributed by atoms with Crippen molar-refractivity contribution in [2.24, 2.45) is 0 Å². The molecule has 0 bridgehead atoms. The number of Topliss-reactive ketones (excluding diaryl/α,β-unsaturated/α-hetero) is 1. The van der Waals surface area contributed by atoms with Crippen LogP contribution in [-0.4, -0.2) is 16.7 Å². The van der Waals surface area contributed by atoms with E-state index in [0.717, 1.165) is 10.6 Å². The standard InChI is InChI=1S/C14H14N2O2S/c1-9-13(19-8-15-9)7-14(18)16-12-5-3-4-11(6-12)10(2)17/h3-6,8H,7H2,1-2H3,(H,16,18). The first-order valence-corrected chi connectivity index (χ1v) is 6.74. The molecule has 1 aromatic carbocycles. The summed E-state index contributed by atoms with van der Waals surface area (Å²) in [6, 6.07) is 6.93. The largest absolute Gasteiger partial charge is 0.326 e. The molecule has 98 valence electrons. The molecule has 0 atom stereocenters. The number of aromatic nitrogens is 1. The normalized spacial score (nSPS) is 10.2. The van der Waals surface area contributed by atoms with E-state index in [2.05, 4.69) is 10.3 Å². The summed E-state index contributed by atoms with van der Waals surface area (Å²) in [5.74, 6) is -0.123. The van der Waals surface area contributed by atoms with Crippen LogP contribution in [0.25, 0.3) is 0 Å². The van der Waals surface area contributed by atoms with Gasteiger partial charge in [0.05, 0.1) is 17.6 Å². The lowest BCUT2D eigenvalue weighted by atomic mass is 10.1. The topological polar surface area (TPSA) is 59.1 Å². The number of carbonyl (C=O) groups is 2. The van der Waals surface area contributed by atoms with Gasteiger partial charge in [0.1, 0.15) is 0 Å². The third-order valence-electron chi connectivity index (χ3n) is 2.72. The number of ketones is 1. The lowest BCUT2D eigenvalue weighted by Crippen LogP contribution is -2.14. The summed E-state index contributed by atoms with van der Waals surface area (Å²) < 4.78 is 0. The number of nitrogens with one attached hydrogen (secondary N) is 1. The number of hydrogen-bond acceptors (Lipinski definition) is 4. The molecule has 0 aliphatic carbocycles. The molecule has 0 spiro atoms. The van der Waals surface area contributed by atoms with Crippen LogP contribution in [0.3, 0.4) is 0 Å². The van der Waals surface area contributed by atoms with Crippen LogP contribution in [0.15, 0.2) is 29.8 Å². The molecule has 0 saturated heterocycles. The quantitative estimate of drug-likeness (QED) is 0.872. The minimum atomic E-state index is -0.104. The van der Waals surface area contributed by atoms with E-state index in [1.807, 2.05) is 6.92 Å². The van der Waals surface area contributed by atoms with E-state index in [1.165, 1.54) is 18.3 Å². The molecule has 0 fully saturated rings. The molecule has 1 N–H and O–H groups in total. The molecule has 0 saturated carbocycles. The van der Waals surface area contributed by atoms with Gasteiger partial charge in [-0.2, -0.15) is 0 Å². The molecule has 4 nitrogen and oxygen atoms in total. The molecule has 1 aromatic heterocycles. The summed E-state index contributed by atoms with van der Waals surface area (Å²) >= 11 is 1.47. The fourth-order valence-electron chi connectivity index (χ4n) is 1.66. The first-order chi connectivity index (χ1) is 9.06.